The molecule has 0 aliphatic carbocycles. The van der Waals surface area contributed by atoms with Gasteiger partial charge in [0, 0.05) is 29.8 Å². The first kappa shape index (κ1) is 16.8. The molecule has 0 amide bonds. The summed E-state index contributed by atoms with van der Waals surface area (Å²) in [5.74, 6) is 0. The molecule has 1 aliphatic rings. The highest BCUT2D eigenvalue weighted by atomic mass is 32.2. The van der Waals surface area contributed by atoms with Gasteiger partial charge in [0.2, 0.25) is 10.0 Å². The average molecular weight is 329 g/mol. The van der Waals surface area contributed by atoms with E-state index >= 15 is 0 Å². The molecule has 6 heteroatoms. The van der Waals surface area contributed by atoms with Gasteiger partial charge in [0.1, 0.15) is 0 Å². The van der Waals surface area contributed by atoms with Crippen molar-refractivity contribution in [1.82, 2.24) is 9.62 Å². The molecule has 0 bridgehead atoms. The van der Waals surface area contributed by atoms with Crippen molar-refractivity contribution < 1.29 is 8.42 Å². The van der Waals surface area contributed by atoms with Crippen molar-refractivity contribution in [3.8, 4) is 0 Å². The van der Waals surface area contributed by atoms with Crippen LogP contribution in [0.15, 0.2) is 29.2 Å². The second-order valence-electron chi connectivity index (χ2n) is 5.36. The number of hydrogen-bond acceptors (Lipinski definition) is 4. The van der Waals surface area contributed by atoms with E-state index in [4.69, 9.17) is 0 Å². The van der Waals surface area contributed by atoms with E-state index in [1.54, 1.807) is 0 Å². The van der Waals surface area contributed by atoms with Crippen molar-refractivity contribution in [3.05, 3.63) is 29.8 Å². The molecule has 118 valence electrons. The Bertz CT molecular complexity index is 536. The zero-order valence-corrected chi connectivity index (χ0v) is 14.3. The first-order chi connectivity index (χ1) is 10.0. The molecular formula is C15H24N2O2S2. The topological polar surface area (TPSA) is 49.4 Å². The Labute approximate surface area is 132 Å². The number of nitrogens with zero attached hydrogens (tertiary/aromatic N) is 1. The van der Waals surface area contributed by atoms with Gasteiger partial charge in [-0.15, -0.1) is 11.8 Å². The summed E-state index contributed by atoms with van der Waals surface area (Å²) in [5, 5.41) is 4.05. The maximum atomic E-state index is 11.5. The molecule has 1 aromatic carbocycles. The fourth-order valence-corrected chi connectivity index (χ4v) is 4.78. The summed E-state index contributed by atoms with van der Waals surface area (Å²) in [5.41, 5.74) is 1.45. The van der Waals surface area contributed by atoms with Gasteiger partial charge >= 0.3 is 0 Å². The van der Waals surface area contributed by atoms with Crippen LogP contribution in [0.2, 0.25) is 0 Å². The average Bonchev–Trinajstić information content (AvgIpc) is 2.84. The SMILES string of the molecule is CCN(CCCNCC1Cc2ccccc2S1)S(C)(=O)=O. The van der Waals surface area contributed by atoms with Crippen LogP contribution in [0.25, 0.3) is 0 Å². The molecule has 2 rings (SSSR count). The molecule has 1 heterocycles. The summed E-state index contributed by atoms with van der Waals surface area (Å²) in [7, 11) is -3.05. The molecule has 0 aromatic heterocycles. The van der Waals surface area contributed by atoms with Gasteiger partial charge in [-0.1, -0.05) is 25.1 Å². The second-order valence-corrected chi connectivity index (χ2v) is 8.69. The highest BCUT2D eigenvalue weighted by Crippen LogP contribution is 2.36. The van der Waals surface area contributed by atoms with Crippen LogP contribution < -0.4 is 5.32 Å². The van der Waals surface area contributed by atoms with E-state index in [0.717, 1.165) is 25.9 Å². The van der Waals surface area contributed by atoms with Crippen LogP contribution in [0.3, 0.4) is 0 Å². The third-order valence-electron chi connectivity index (χ3n) is 3.67. The summed E-state index contributed by atoms with van der Waals surface area (Å²) >= 11 is 1.94. The molecule has 1 unspecified atom stereocenters. The van der Waals surface area contributed by atoms with Gasteiger partial charge in [0.25, 0.3) is 0 Å². The highest BCUT2D eigenvalue weighted by Gasteiger charge is 2.21. The fourth-order valence-electron chi connectivity index (χ4n) is 2.57. The zero-order valence-electron chi connectivity index (χ0n) is 12.7. The Morgan fingerprint density at radius 1 is 1.38 bits per heavy atom. The maximum Gasteiger partial charge on any atom is 0.211 e. The van der Waals surface area contributed by atoms with Gasteiger partial charge in [-0.2, -0.15) is 0 Å². The van der Waals surface area contributed by atoms with E-state index in [1.165, 1.54) is 21.0 Å². The molecular weight excluding hydrogens is 304 g/mol. The third-order valence-corrected chi connectivity index (χ3v) is 6.37. The van der Waals surface area contributed by atoms with E-state index in [-0.39, 0.29) is 0 Å². The lowest BCUT2D eigenvalue weighted by atomic mass is 10.1. The van der Waals surface area contributed by atoms with Crippen molar-refractivity contribution in [1.29, 1.82) is 0 Å². The molecule has 1 N–H and O–H groups in total. The second kappa shape index (κ2) is 7.63. The van der Waals surface area contributed by atoms with Crippen LogP contribution in [0, 0.1) is 0 Å². The normalized spacial score (nSPS) is 18.1. The molecule has 1 atom stereocenters. The Morgan fingerprint density at radius 3 is 2.81 bits per heavy atom. The van der Waals surface area contributed by atoms with Crippen LogP contribution >= 0.6 is 11.8 Å². The van der Waals surface area contributed by atoms with Crippen molar-refractivity contribution in [2.24, 2.45) is 0 Å². The quantitative estimate of drug-likeness (QED) is 0.741. The van der Waals surface area contributed by atoms with E-state index < -0.39 is 10.0 Å². The van der Waals surface area contributed by atoms with Gasteiger partial charge < -0.3 is 5.32 Å². The fraction of sp³-hybridized carbons (Fsp3) is 0.600. The van der Waals surface area contributed by atoms with Gasteiger partial charge in [-0.25, -0.2) is 12.7 Å². The smallest absolute Gasteiger partial charge is 0.211 e. The van der Waals surface area contributed by atoms with Crippen LogP contribution in [-0.2, 0) is 16.4 Å². The molecule has 1 aliphatic heterocycles. The van der Waals surface area contributed by atoms with Gasteiger partial charge in [0.15, 0.2) is 0 Å². The number of nitrogens with one attached hydrogen (secondary N) is 1. The van der Waals surface area contributed by atoms with Crippen LogP contribution in [0.4, 0.5) is 0 Å². The summed E-state index contributed by atoms with van der Waals surface area (Å²) in [4.78, 5) is 1.40. The number of benzene rings is 1. The van der Waals surface area contributed by atoms with E-state index in [1.807, 2.05) is 18.7 Å². The number of hydrogen-bond donors (Lipinski definition) is 1. The lowest BCUT2D eigenvalue weighted by molar-refractivity contribution is 0.419. The first-order valence-electron chi connectivity index (χ1n) is 7.41. The van der Waals surface area contributed by atoms with Crippen LogP contribution in [0.5, 0.6) is 0 Å². The van der Waals surface area contributed by atoms with E-state index in [9.17, 15) is 8.42 Å². The standard InChI is InChI=1S/C15H24N2O2S2/c1-3-17(21(2,18)19)10-6-9-16-12-14-11-13-7-4-5-8-15(13)20-14/h4-5,7-8,14,16H,3,6,9-12H2,1-2H3. The molecule has 0 spiro atoms. The van der Waals surface area contributed by atoms with Crippen molar-refractivity contribution in [2.75, 3.05) is 32.4 Å². The number of sulfonamides is 1. The predicted octanol–water partition coefficient (Wildman–Crippen LogP) is 1.96. The Hall–Kier alpha value is -0.560. The third kappa shape index (κ3) is 4.98. The first-order valence-corrected chi connectivity index (χ1v) is 10.1. The summed E-state index contributed by atoms with van der Waals surface area (Å²) in [6.45, 7) is 4.86. The monoisotopic (exact) mass is 328 g/mol. The van der Waals surface area contributed by atoms with Crippen molar-refractivity contribution in [3.63, 3.8) is 0 Å². The van der Waals surface area contributed by atoms with Crippen LogP contribution in [-0.4, -0.2) is 50.4 Å². The Kier molecular flexibility index (Phi) is 6.10. The van der Waals surface area contributed by atoms with Gasteiger partial charge in [-0.3, -0.25) is 0 Å². The summed E-state index contributed by atoms with van der Waals surface area (Å²) < 4.78 is 24.4. The molecule has 0 radical (unpaired) electrons. The van der Waals surface area contributed by atoms with E-state index in [0.29, 0.717) is 18.3 Å². The van der Waals surface area contributed by atoms with Crippen molar-refractivity contribution in [2.45, 2.75) is 29.9 Å². The molecule has 4 nitrogen and oxygen atoms in total. The molecule has 1 aromatic rings. The lowest BCUT2D eigenvalue weighted by Crippen LogP contribution is -2.33. The predicted molar refractivity (Wildman–Crippen MR) is 89.4 cm³/mol. The van der Waals surface area contributed by atoms with E-state index in [2.05, 4.69) is 29.6 Å². The molecule has 0 saturated heterocycles. The highest BCUT2D eigenvalue weighted by molar-refractivity contribution is 8.00. The van der Waals surface area contributed by atoms with Gasteiger partial charge in [0.05, 0.1) is 6.26 Å². The lowest BCUT2D eigenvalue weighted by Gasteiger charge is -2.18. The Morgan fingerprint density at radius 2 is 2.14 bits per heavy atom. The summed E-state index contributed by atoms with van der Waals surface area (Å²) in [6, 6.07) is 8.57. The minimum Gasteiger partial charge on any atom is -0.316 e. The number of thioether (sulfide) groups is 1. The van der Waals surface area contributed by atoms with Crippen LogP contribution in [0.1, 0.15) is 18.9 Å². The number of fused-ring (bicyclic) bond motifs is 1. The maximum absolute atomic E-state index is 11.5. The minimum atomic E-state index is -3.05. The Balaban J connectivity index is 1.63. The largest absolute Gasteiger partial charge is 0.316 e. The van der Waals surface area contributed by atoms with Gasteiger partial charge in [-0.05, 0) is 31.0 Å². The molecule has 0 saturated carbocycles. The molecule has 0 fully saturated rings. The number of rotatable bonds is 8. The zero-order chi connectivity index (χ0) is 15.3. The van der Waals surface area contributed by atoms with Crippen molar-refractivity contribution >= 4 is 21.8 Å². The molecule has 21 heavy (non-hydrogen) atoms. The summed E-state index contributed by atoms with van der Waals surface area (Å²) in [6.07, 6.45) is 3.25. The minimum absolute atomic E-state index is 0.548.